The zero-order valence-corrected chi connectivity index (χ0v) is 21.2. The van der Waals surface area contributed by atoms with Crippen LogP contribution in [-0.4, -0.2) is 36.6 Å². The van der Waals surface area contributed by atoms with Gasteiger partial charge in [0.1, 0.15) is 10.7 Å². The number of halogens is 1. The van der Waals surface area contributed by atoms with E-state index in [-0.39, 0.29) is 34.7 Å². The maximum Gasteiger partial charge on any atom is 0.267 e. The van der Waals surface area contributed by atoms with E-state index >= 15 is 0 Å². The molecule has 2 heterocycles. The molecule has 38 heavy (non-hydrogen) atoms. The monoisotopic (exact) mass is 533 g/mol. The second-order valence-corrected chi connectivity index (χ2v) is 10.4. The summed E-state index contributed by atoms with van der Waals surface area (Å²) in [5.41, 5.74) is 7.66. The summed E-state index contributed by atoms with van der Waals surface area (Å²) in [7, 11) is -2.79. The van der Waals surface area contributed by atoms with Crippen molar-refractivity contribution in [1.82, 2.24) is 19.3 Å². The third-order valence-corrected chi connectivity index (χ3v) is 7.68. The minimum absolute atomic E-state index is 0.0479. The normalized spacial score (nSPS) is 15.4. The number of nitrogens with one attached hydrogen (secondary N) is 1. The number of aromatic nitrogens is 3. The summed E-state index contributed by atoms with van der Waals surface area (Å²) in [5, 5.41) is 0.298. The van der Waals surface area contributed by atoms with E-state index in [1.54, 1.807) is 54.6 Å². The third kappa shape index (κ3) is 4.81. The topological polar surface area (TPSA) is 129 Å². The molecule has 9 nitrogen and oxygen atoms in total. The van der Waals surface area contributed by atoms with Gasteiger partial charge >= 0.3 is 0 Å². The highest BCUT2D eigenvalue weighted by molar-refractivity contribution is 7.89. The number of sulfonamides is 1. The summed E-state index contributed by atoms with van der Waals surface area (Å²) in [5.74, 6) is -1.04. The van der Waals surface area contributed by atoms with Gasteiger partial charge in [0, 0.05) is 24.2 Å². The van der Waals surface area contributed by atoms with Crippen molar-refractivity contribution in [3.63, 3.8) is 0 Å². The van der Waals surface area contributed by atoms with Crippen molar-refractivity contribution < 1.29 is 17.5 Å². The summed E-state index contributed by atoms with van der Waals surface area (Å²) in [6.45, 7) is -0.121. The van der Waals surface area contributed by atoms with E-state index < -0.39 is 15.9 Å². The fourth-order valence-electron chi connectivity index (χ4n) is 4.26. The molecule has 5 rings (SSSR count). The highest BCUT2D eigenvalue weighted by Crippen LogP contribution is 2.30. The van der Waals surface area contributed by atoms with Crippen molar-refractivity contribution in [1.29, 1.82) is 0 Å². The first-order chi connectivity index (χ1) is 18.3. The van der Waals surface area contributed by atoms with Crippen LogP contribution in [0.3, 0.4) is 0 Å². The molecule has 0 spiro atoms. The van der Waals surface area contributed by atoms with Crippen LogP contribution in [0.1, 0.15) is 6.42 Å². The lowest BCUT2D eigenvalue weighted by Gasteiger charge is -2.17. The van der Waals surface area contributed by atoms with Crippen molar-refractivity contribution in [2.45, 2.75) is 11.3 Å². The summed E-state index contributed by atoms with van der Waals surface area (Å²) in [6, 6.07) is 15.3. The predicted molar refractivity (Wildman–Crippen MR) is 143 cm³/mol. The second kappa shape index (κ2) is 10.2. The van der Waals surface area contributed by atoms with E-state index in [0.717, 1.165) is 0 Å². The first kappa shape index (κ1) is 25.3. The fraction of sp³-hybridized carbons (Fsp3) is 0.148. The maximum absolute atomic E-state index is 14.1. The highest BCUT2D eigenvalue weighted by Gasteiger charge is 2.25. The molecule has 1 aliphatic carbocycles. The molecule has 1 aliphatic rings. The number of nitrogen functional groups attached to an aromatic ring is 1. The lowest BCUT2D eigenvalue weighted by molar-refractivity contribution is 0.384. The van der Waals surface area contributed by atoms with Crippen LogP contribution in [-0.2, 0) is 10.0 Å². The van der Waals surface area contributed by atoms with Crippen molar-refractivity contribution in [2.75, 3.05) is 19.4 Å². The first-order valence-electron chi connectivity index (χ1n) is 11.7. The van der Waals surface area contributed by atoms with E-state index in [1.165, 1.54) is 30.0 Å². The van der Waals surface area contributed by atoms with Gasteiger partial charge in [0.25, 0.3) is 5.56 Å². The van der Waals surface area contributed by atoms with Crippen LogP contribution in [0.5, 0.6) is 5.88 Å². The number of para-hydroxylation sites is 1. The second-order valence-electron chi connectivity index (χ2n) is 8.67. The van der Waals surface area contributed by atoms with Gasteiger partial charge in [0.2, 0.25) is 21.9 Å². The van der Waals surface area contributed by atoms with E-state index in [0.29, 0.717) is 34.1 Å². The number of rotatable bonds is 7. The number of fused-ring (bicyclic) bond motifs is 1. The van der Waals surface area contributed by atoms with Crippen LogP contribution in [0.4, 0.5) is 10.3 Å². The quantitative estimate of drug-likeness (QED) is 0.370. The van der Waals surface area contributed by atoms with Gasteiger partial charge in [0.15, 0.2) is 0 Å². The summed E-state index contributed by atoms with van der Waals surface area (Å²) in [6.07, 6.45) is 6.53. The van der Waals surface area contributed by atoms with Gasteiger partial charge in [-0.15, -0.1) is 0 Å². The first-order valence-corrected chi connectivity index (χ1v) is 13.2. The number of pyridine rings is 1. The molecule has 3 N–H and O–H groups in total. The number of allylic oxidation sites excluding steroid dienone is 3. The average Bonchev–Trinajstić information content (AvgIpc) is 2.93. The Morgan fingerprint density at radius 2 is 1.95 bits per heavy atom. The number of nitrogens with two attached hydrogens (primary N) is 1. The molecular weight excluding hydrogens is 509 g/mol. The van der Waals surface area contributed by atoms with Crippen LogP contribution in [0, 0.1) is 5.92 Å². The molecule has 0 saturated heterocycles. The smallest absolute Gasteiger partial charge is 0.267 e. The van der Waals surface area contributed by atoms with Crippen molar-refractivity contribution in [3.05, 3.63) is 95.2 Å². The van der Waals surface area contributed by atoms with E-state index in [2.05, 4.69) is 14.7 Å². The molecule has 0 aliphatic heterocycles. The van der Waals surface area contributed by atoms with Crippen molar-refractivity contribution >= 4 is 26.9 Å². The van der Waals surface area contributed by atoms with Gasteiger partial charge < -0.3 is 10.5 Å². The number of benzene rings is 2. The summed E-state index contributed by atoms with van der Waals surface area (Å²) in [4.78, 5) is 21.7. The number of hydrogen-bond acceptors (Lipinski definition) is 7. The van der Waals surface area contributed by atoms with Crippen LogP contribution < -0.4 is 20.8 Å². The Balaban J connectivity index is 1.54. The van der Waals surface area contributed by atoms with E-state index in [9.17, 15) is 17.6 Å². The molecule has 0 fully saturated rings. The lowest BCUT2D eigenvalue weighted by Crippen LogP contribution is -2.30. The number of methoxy groups -OCH3 is 1. The standard InChI is InChI=1S/C27H24FN5O4S/c1-37-25-24(38(35,36)31-16-18-7-5-6-10-22(18)28)14-19(15-30-25)17-11-12-23-21(13-17)26(34)33(27(29)32-23)20-8-3-2-4-9-20/h2-6,8-15,18,31H,7,16H2,1H3,(H2,29,32). The summed E-state index contributed by atoms with van der Waals surface area (Å²) < 4.78 is 49.4. The Bertz CT molecular complexity index is 1750. The van der Waals surface area contributed by atoms with Crippen LogP contribution in [0.25, 0.3) is 27.7 Å². The maximum atomic E-state index is 14.1. The SMILES string of the molecule is COc1ncc(-c2ccc3nc(N)n(-c4ccccc4)c(=O)c3c2)cc1S(=O)(=O)NCC1CC=CC=C1F. The Morgan fingerprint density at radius 1 is 1.16 bits per heavy atom. The number of anilines is 1. The average molecular weight is 534 g/mol. The molecule has 0 saturated carbocycles. The molecule has 11 heteroatoms. The largest absolute Gasteiger partial charge is 0.480 e. The molecule has 2 aromatic carbocycles. The van der Waals surface area contributed by atoms with Crippen LogP contribution >= 0.6 is 0 Å². The molecule has 1 unspecified atom stereocenters. The lowest BCUT2D eigenvalue weighted by atomic mass is 10.0. The molecule has 1 atom stereocenters. The minimum atomic E-state index is -4.11. The Morgan fingerprint density at radius 3 is 2.68 bits per heavy atom. The van der Waals surface area contributed by atoms with Crippen molar-refractivity contribution in [3.8, 4) is 22.7 Å². The number of nitrogens with zero attached hydrogens (tertiary/aromatic N) is 3. The predicted octanol–water partition coefficient (Wildman–Crippen LogP) is 3.75. The van der Waals surface area contributed by atoms with Gasteiger partial charge in [-0.3, -0.25) is 4.79 Å². The zero-order chi connectivity index (χ0) is 26.9. The van der Waals surface area contributed by atoms with Gasteiger partial charge in [-0.2, -0.15) is 0 Å². The summed E-state index contributed by atoms with van der Waals surface area (Å²) >= 11 is 0. The van der Waals surface area contributed by atoms with Crippen LogP contribution in [0.2, 0.25) is 0 Å². The molecule has 194 valence electrons. The van der Waals surface area contributed by atoms with Crippen LogP contribution in [0.15, 0.2) is 94.5 Å². The number of hydrogen-bond donors (Lipinski definition) is 2. The molecule has 0 amide bonds. The van der Waals surface area contributed by atoms with Gasteiger partial charge in [-0.25, -0.2) is 32.1 Å². The van der Waals surface area contributed by atoms with Gasteiger partial charge in [-0.05, 0) is 48.4 Å². The Kier molecular flexibility index (Phi) is 6.79. The molecule has 0 radical (unpaired) electrons. The number of ether oxygens (including phenoxy) is 1. The van der Waals surface area contributed by atoms with Gasteiger partial charge in [-0.1, -0.05) is 36.4 Å². The van der Waals surface area contributed by atoms with Gasteiger partial charge in [0.05, 0.1) is 23.7 Å². The minimum Gasteiger partial charge on any atom is -0.480 e. The van der Waals surface area contributed by atoms with Crippen molar-refractivity contribution in [2.24, 2.45) is 5.92 Å². The highest BCUT2D eigenvalue weighted by atomic mass is 32.2. The zero-order valence-electron chi connectivity index (χ0n) is 20.3. The molecular formula is C27H24FN5O4S. The molecule has 0 bridgehead atoms. The third-order valence-electron chi connectivity index (χ3n) is 6.26. The Labute approximate surface area is 218 Å². The van der Waals surface area contributed by atoms with E-state index in [1.807, 2.05) is 6.07 Å². The fourth-order valence-corrected chi connectivity index (χ4v) is 5.49. The van der Waals surface area contributed by atoms with E-state index in [4.69, 9.17) is 10.5 Å². The Hall–Kier alpha value is -4.35. The molecule has 2 aromatic heterocycles. The molecule has 4 aromatic rings.